The lowest BCUT2D eigenvalue weighted by Gasteiger charge is -2.35. The Labute approximate surface area is 250 Å². The fourth-order valence-electron chi connectivity index (χ4n) is 4.81. The molecule has 1 aromatic carbocycles. The molecule has 42 heavy (non-hydrogen) atoms. The van der Waals surface area contributed by atoms with Gasteiger partial charge in [-0.05, 0) is 69.6 Å². The lowest BCUT2D eigenvalue weighted by Crippen LogP contribution is -2.64. The van der Waals surface area contributed by atoms with Gasteiger partial charge in [0.05, 0.1) is 15.9 Å². The van der Waals surface area contributed by atoms with E-state index in [2.05, 4.69) is 41.4 Å². The Morgan fingerprint density at radius 3 is 2.74 bits per heavy atom. The Balaban J connectivity index is 1.32. The molecule has 4 heterocycles. The van der Waals surface area contributed by atoms with Crippen LogP contribution in [0.4, 0.5) is 23.9 Å². The van der Waals surface area contributed by atoms with Gasteiger partial charge in [-0.3, -0.25) is 9.63 Å². The van der Waals surface area contributed by atoms with Crippen molar-refractivity contribution in [3.8, 4) is 16.3 Å². The lowest BCUT2D eigenvalue weighted by atomic mass is 10.0. The van der Waals surface area contributed by atoms with E-state index in [1.807, 2.05) is 29.6 Å². The molecule has 2 saturated heterocycles. The van der Waals surface area contributed by atoms with E-state index in [1.165, 1.54) is 31.4 Å². The number of imide groups is 1. The molecule has 3 amide bonds. The summed E-state index contributed by atoms with van der Waals surface area (Å²) >= 11 is 4.98. The predicted octanol–water partition coefficient (Wildman–Crippen LogP) is 4.53. The standard InChI is InChI=1S/C26H26BrF3N6O5S/c1-25(2)21(37)35-24(39)36(25,41-22(38)26(28,29)30)9-8-32-23-33-12-17(27)20(34-23)19-11-14-10-16(5-6-18(14)42-19)40-13-15-4-3-7-31-15/h5-6,10-12,15,31H,3-4,7-9,13H2,1-2H3,(H-,32,33,34,35,37,39)/p+1. The molecule has 11 nitrogen and oxygen atoms in total. The van der Waals surface area contributed by atoms with Gasteiger partial charge in [0.1, 0.15) is 24.6 Å². The molecule has 2 aliphatic heterocycles. The number of rotatable bonds is 9. The Morgan fingerprint density at radius 2 is 2.07 bits per heavy atom. The normalized spacial score (nSPS) is 21.9. The van der Waals surface area contributed by atoms with E-state index in [9.17, 15) is 27.6 Å². The fourth-order valence-corrected chi connectivity index (χ4v) is 6.39. The first kappa shape index (κ1) is 30.1. The number of thiophene rings is 1. The number of amides is 3. The van der Waals surface area contributed by atoms with Gasteiger partial charge in [-0.2, -0.15) is 13.2 Å². The van der Waals surface area contributed by atoms with Crippen molar-refractivity contribution in [2.75, 3.05) is 31.6 Å². The van der Waals surface area contributed by atoms with Gasteiger partial charge in [0.15, 0.2) is 0 Å². The number of hydroxylamine groups is 3. The van der Waals surface area contributed by atoms with Gasteiger partial charge >= 0.3 is 18.2 Å². The molecule has 0 radical (unpaired) electrons. The summed E-state index contributed by atoms with van der Waals surface area (Å²) in [4.78, 5) is 50.9. The number of urea groups is 1. The first-order valence-corrected chi connectivity index (χ1v) is 14.6. The number of nitrogens with one attached hydrogen (secondary N) is 3. The van der Waals surface area contributed by atoms with E-state index in [-0.39, 0.29) is 12.5 Å². The summed E-state index contributed by atoms with van der Waals surface area (Å²) in [6, 6.07) is 7.00. The van der Waals surface area contributed by atoms with Crippen LogP contribution in [0.25, 0.3) is 20.7 Å². The molecule has 224 valence electrons. The second-order valence-corrected chi connectivity index (χ2v) is 12.3. The molecule has 2 fully saturated rings. The zero-order chi connectivity index (χ0) is 30.3. The van der Waals surface area contributed by atoms with E-state index in [0.717, 1.165) is 40.1 Å². The van der Waals surface area contributed by atoms with E-state index in [0.29, 0.717) is 22.8 Å². The molecule has 3 aromatic rings. The van der Waals surface area contributed by atoms with E-state index >= 15 is 0 Å². The Kier molecular flexibility index (Phi) is 8.17. The highest BCUT2D eigenvalue weighted by atomic mass is 79.9. The average Bonchev–Trinajstić information content (AvgIpc) is 3.63. The van der Waals surface area contributed by atoms with Gasteiger partial charge in [-0.15, -0.1) is 11.3 Å². The van der Waals surface area contributed by atoms with Crippen LogP contribution in [-0.4, -0.2) is 76.5 Å². The first-order chi connectivity index (χ1) is 19.8. The van der Waals surface area contributed by atoms with Crippen LogP contribution >= 0.6 is 27.3 Å². The highest BCUT2D eigenvalue weighted by molar-refractivity contribution is 9.10. The number of quaternary nitrogens is 1. The highest BCUT2D eigenvalue weighted by Gasteiger charge is 2.67. The summed E-state index contributed by atoms with van der Waals surface area (Å²) < 4.78 is 45.2. The van der Waals surface area contributed by atoms with Crippen LogP contribution in [0.1, 0.15) is 26.7 Å². The van der Waals surface area contributed by atoms with Crippen molar-refractivity contribution in [1.29, 1.82) is 0 Å². The molecule has 0 bridgehead atoms. The summed E-state index contributed by atoms with van der Waals surface area (Å²) in [5.74, 6) is -2.59. The van der Waals surface area contributed by atoms with E-state index in [4.69, 9.17) is 4.74 Å². The number of benzene rings is 1. The molecule has 0 spiro atoms. The van der Waals surface area contributed by atoms with Gasteiger partial charge in [-0.25, -0.2) is 24.9 Å². The number of ether oxygens (including phenoxy) is 1. The van der Waals surface area contributed by atoms with Crippen LogP contribution in [-0.2, 0) is 14.4 Å². The van der Waals surface area contributed by atoms with Crippen molar-refractivity contribution >= 4 is 61.2 Å². The van der Waals surface area contributed by atoms with Gasteiger partial charge in [0.25, 0.3) is 5.91 Å². The van der Waals surface area contributed by atoms with Crippen molar-refractivity contribution in [1.82, 2.24) is 20.6 Å². The molecule has 0 aliphatic carbocycles. The molecule has 2 aromatic heterocycles. The number of carbonyl (C=O) groups is 3. The number of hydrogen-bond donors (Lipinski definition) is 3. The van der Waals surface area contributed by atoms with Crippen molar-refractivity contribution in [2.45, 2.75) is 44.4 Å². The highest BCUT2D eigenvalue weighted by Crippen LogP contribution is 2.38. The summed E-state index contributed by atoms with van der Waals surface area (Å²) in [6.45, 7) is 3.31. The van der Waals surface area contributed by atoms with Gasteiger partial charge in [-0.1, -0.05) is 0 Å². The molecule has 2 aliphatic rings. The Bertz CT molecular complexity index is 1540. The molecule has 0 saturated carbocycles. The second kappa shape index (κ2) is 11.4. The van der Waals surface area contributed by atoms with Crippen LogP contribution in [0.15, 0.2) is 34.9 Å². The van der Waals surface area contributed by atoms with Crippen molar-refractivity contribution < 1.29 is 41.8 Å². The molecule has 3 N–H and O–H groups in total. The zero-order valence-corrected chi connectivity index (χ0v) is 24.9. The third-order valence-electron chi connectivity index (χ3n) is 7.27. The second-order valence-electron chi connectivity index (χ2n) is 10.4. The first-order valence-electron chi connectivity index (χ1n) is 13.0. The number of alkyl halides is 3. The summed E-state index contributed by atoms with van der Waals surface area (Å²) in [5, 5.41) is 9.19. The third kappa shape index (κ3) is 5.80. The van der Waals surface area contributed by atoms with Crippen LogP contribution < -0.4 is 20.7 Å². The number of nitrogens with zero attached hydrogens (tertiary/aromatic N) is 3. The summed E-state index contributed by atoms with van der Waals surface area (Å²) in [6.07, 6.45) is -1.62. The number of anilines is 1. The largest absolute Gasteiger partial charge is 0.497 e. The number of aromatic nitrogens is 2. The minimum absolute atomic E-state index is 0.114. The quantitative estimate of drug-likeness (QED) is 0.222. The van der Waals surface area contributed by atoms with E-state index < -0.39 is 40.8 Å². The van der Waals surface area contributed by atoms with Crippen molar-refractivity contribution in [2.24, 2.45) is 0 Å². The number of halogens is 4. The topological polar surface area (TPSA) is 132 Å². The Hall–Kier alpha value is -3.34. The van der Waals surface area contributed by atoms with Gasteiger partial charge in [0, 0.05) is 30.8 Å². The smallest absolute Gasteiger partial charge is 0.492 e. The SMILES string of the molecule is CC1(C)C(=O)NC(=O)[N+]1(CCNc1ncc(Br)c(-c2cc3cc(OCC4CCCN4)ccc3s2)n1)OC(=O)C(F)(F)F. The zero-order valence-electron chi connectivity index (χ0n) is 22.5. The van der Waals surface area contributed by atoms with E-state index in [1.54, 1.807) is 0 Å². The van der Waals surface area contributed by atoms with Crippen LogP contribution in [0.3, 0.4) is 0 Å². The van der Waals surface area contributed by atoms with Crippen LogP contribution in [0.5, 0.6) is 5.75 Å². The van der Waals surface area contributed by atoms with Gasteiger partial charge in [0.2, 0.25) is 11.5 Å². The monoisotopic (exact) mass is 671 g/mol. The fraction of sp³-hybridized carbons (Fsp3) is 0.423. The maximum atomic E-state index is 13.0. The van der Waals surface area contributed by atoms with Gasteiger partial charge < -0.3 is 15.4 Å². The number of carbonyl (C=O) groups excluding carboxylic acids is 3. The molecule has 5 rings (SSSR count). The maximum absolute atomic E-state index is 13.0. The molecule has 2 atom stereocenters. The molecular formula is C26H27BrF3N6O5S+. The predicted molar refractivity (Wildman–Crippen MR) is 150 cm³/mol. The number of hydrogen-bond acceptors (Lipinski definition) is 10. The average molecular weight is 673 g/mol. The molecule has 16 heteroatoms. The van der Waals surface area contributed by atoms with Crippen molar-refractivity contribution in [3.05, 3.63) is 34.9 Å². The summed E-state index contributed by atoms with van der Waals surface area (Å²) in [7, 11) is 0. The number of fused-ring (bicyclic) bond motifs is 1. The Morgan fingerprint density at radius 1 is 1.29 bits per heavy atom. The maximum Gasteiger partial charge on any atom is 0.497 e. The lowest BCUT2D eigenvalue weighted by molar-refractivity contribution is -1.05. The third-order valence-corrected chi connectivity index (χ3v) is 8.97. The molecular weight excluding hydrogens is 645 g/mol. The van der Waals surface area contributed by atoms with Crippen LogP contribution in [0, 0.1) is 0 Å². The minimum Gasteiger partial charge on any atom is -0.492 e. The van der Waals surface area contributed by atoms with Crippen LogP contribution in [0.2, 0.25) is 0 Å². The minimum atomic E-state index is -5.37. The van der Waals surface area contributed by atoms with Crippen molar-refractivity contribution in [3.63, 3.8) is 0 Å². The summed E-state index contributed by atoms with van der Waals surface area (Å²) in [5.41, 5.74) is -1.26. The molecule has 2 unspecified atom stereocenters.